The Morgan fingerprint density at radius 1 is 1.47 bits per heavy atom. The van der Waals surface area contributed by atoms with Gasteiger partial charge in [-0.3, -0.25) is 14.9 Å². The van der Waals surface area contributed by atoms with E-state index in [9.17, 15) is 25.1 Å². The van der Waals surface area contributed by atoms with Gasteiger partial charge in [-0.1, -0.05) is 11.8 Å². The lowest BCUT2D eigenvalue weighted by molar-refractivity contribution is -0.386. The number of aromatic hydroxyl groups is 2. The van der Waals surface area contributed by atoms with Crippen molar-refractivity contribution in [1.29, 1.82) is 0 Å². The van der Waals surface area contributed by atoms with Crippen LogP contribution in [-0.4, -0.2) is 26.5 Å². The molecule has 0 saturated carbocycles. The number of rotatable bonds is 2. The highest BCUT2D eigenvalue weighted by Gasteiger charge is 2.25. The summed E-state index contributed by atoms with van der Waals surface area (Å²) in [6.45, 7) is 0. The maximum absolute atomic E-state index is 11.4. The van der Waals surface area contributed by atoms with Crippen LogP contribution in [0.3, 0.4) is 0 Å². The second kappa shape index (κ2) is 4.78. The summed E-state index contributed by atoms with van der Waals surface area (Å²) in [4.78, 5) is 21.6. The number of hydrogen-bond donors (Lipinski definition) is 4. The van der Waals surface area contributed by atoms with Gasteiger partial charge in [0.05, 0.1) is 9.83 Å². The lowest BCUT2D eigenvalue weighted by atomic mass is 10.1. The smallest absolute Gasteiger partial charge is 0.315 e. The average molecular weight is 283 g/mol. The van der Waals surface area contributed by atoms with Gasteiger partial charge in [0.15, 0.2) is 5.75 Å². The van der Waals surface area contributed by atoms with E-state index < -0.39 is 33.5 Å². The minimum Gasteiger partial charge on any atom is -0.504 e. The molecule has 0 aromatic heterocycles. The van der Waals surface area contributed by atoms with Crippen LogP contribution in [0.1, 0.15) is 5.56 Å². The fraction of sp³-hybridized carbons (Fsp3) is 0.100. The SMILES string of the molecule is NC1NC(=O)/C(=C/c2cc(O)c(O)c([N+](=O)[O-])c2)S1. The maximum atomic E-state index is 11.4. The molecule has 19 heavy (non-hydrogen) atoms. The summed E-state index contributed by atoms with van der Waals surface area (Å²) in [7, 11) is 0. The molecule has 1 amide bonds. The molecular weight excluding hydrogens is 274 g/mol. The fourth-order valence-corrected chi connectivity index (χ4v) is 2.33. The van der Waals surface area contributed by atoms with Gasteiger partial charge in [0.1, 0.15) is 5.50 Å². The molecule has 1 unspecified atom stereocenters. The van der Waals surface area contributed by atoms with Crippen LogP contribution in [0, 0.1) is 10.1 Å². The Morgan fingerprint density at radius 3 is 2.68 bits per heavy atom. The molecule has 1 aliphatic heterocycles. The Labute approximate surface area is 111 Å². The summed E-state index contributed by atoms with van der Waals surface area (Å²) in [6.07, 6.45) is 1.35. The Bertz CT molecular complexity index is 601. The molecule has 1 aliphatic rings. The van der Waals surface area contributed by atoms with E-state index in [1.165, 1.54) is 6.08 Å². The molecule has 1 aromatic carbocycles. The number of thioether (sulfide) groups is 1. The molecule has 9 heteroatoms. The van der Waals surface area contributed by atoms with Crippen LogP contribution in [0.2, 0.25) is 0 Å². The third-order valence-corrected chi connectivity index (χ3v) is 3.27. The van der Waals surface area contributed by atoms with Crippen molar-refractivity contribution in [2.75, 3.05) is 0 Å². The van der Waals surface area contributed by atoms with E-state index in [-0.39, 0.29) is 10.5 Å². The molecule has 0 aliphatic carbocycles. The zero-order valence-electron chi connectivity index (χ0n) is 9.36. The number of phenols is 2. The van der Waals surface area contributed by atoms with Crippen LogP contribution in [-0.2, 0) is 4.79 Å². The predicted molar refractivity (Wildman–Crippen MR) is 68.1 cm³/mol. The zero-order chi connectivity index (χ0) is 14.2. The summed E-state index contributed by atoms with van der Waals surface area (Å²) >= 11 is 1.06. The number of nitrogens with two attached hydrogens (primary N) is 1. The molecule has 1 saturated heterocycles. The third kappa shape index (κ3) is 2.61. The van der Waals surface area contributed by atoms with Crippen molar-refractivity contribution >= 4 is 29.4 Å². The van der Waals surface area contributed by atoms with Crippen molar-refractivity contribution < 1.29 is 19.9 Å². The largest absolute Gasteiger partial charge is 0.504 e. The molecule has 1 fully saturated rings. The molecule has 1 atom stereocenters. The van der Waals surface area contributed by atoms with Crippen molar-refractivity contribution in [2.45, 2.75) is 5.50 Å². The first-order valence-corrected chi connectivity index (χ1v) is 5.91. The number of carbonyl (C=O) groups is 1. The van der Waals surface area contributed by atoms with Gasteiger partial charge in [0.25, 0.3) is 5.91 Å². The molecule has 1 heterocycles. The Balaban J connectivity index is 2.44. The highest BCUT2D eigenvalue weighted by molar-refractivity contribution is 8.05. The molecule has 0 bridgehead atoms. The van der Waals surface area contributed by atoms with Crippen molar-refractivity contribution in [2.24, 2.45) is 5.73 Å². The van der Waals surface area contributed by atoms with E-state index in [4.69, 9.17) is 5.73 Å². The van der Waals surface area contributed by atoms with E-state index in [1.807, 2.05) is 0 Å². The number of nitro benzene ring substituents is 1. The number of nitrogens with one attached hydrogen (secondary N) is 1. The molecule has 5 N–H and O–H groups in total. The van der Waals surface area contributed by atoms with Crippen molar-refractivity contribution in [3.8, 4) is 11.5 Å². The van der Waals surface area contributed by atoms with Crippen LogP contribution in [0.25, 0.3) is 6.08 Å². The standard InChI is InChI=1S/C10H9N3O5S/c11-10-12-9(16)7(19-10)3-4-1-5(13(17)18)8(15)6(14)2-4/h1-3,10,14-15H,11H2,(H,12,16)/b7-3-. The number of amides is 1. The number of hydrogen-bond acceptors (Lipinski definition) is 7. The molecule has 0 radical (unpaired) electrons. The normalized spacial score (nSPS) is 20.6. The minimum atomic E-state index is -0.829. The first kappa shape index (κ1) is 13.2. The monoisotopic (exact) mass is 283 g/mol. The molecule has 8 nitrogen and oxygen atoms in total. The molecule has 0 spiro atoms. The summed E-state index contributed by atoms with van der Waals surface area (Å²) in [6, 6.07) is 2.17. The lowest BCUT2D eigenvalue weighted by Crippen LogP contribution is -2.31. The van der Waals surface area contributed by atoms with E-state index in [1.54, 1.807) is 0 Å². The van der Waals surface area contributed by atoms with Crippen molar-refractivity contribution in [3.63, 3.8) is 0 Å². The molecule has 2 rings (SSSR count). The Morgan fingerprint density at radius 2 is 2.16 bits per heavy atom. The average Bonchev–Trinajstić information content (AvgIpc) is 2.62. The topological polar surface area (TPSA) is 139 Å². The molecule has 100 valence electrons. The summed E-state index contributed by atoms with van der Waals surface area (Å²) in [5.41, 5.74) is 4.50. The lowest BCUT2D eigenvalue weighted by Gasteiger charge is -2.01. The number of carbonyl (C=O) groups excluding carboxylic acids is 1. The van der Waals surface area contributed by atoms with E-state index in [0.717, 1.165) is 23.9 Å². The van der Waals surface area contributed by atoms with Gasteiger partial charge < -0.3 is 21.3 Å². The van der Waals surface area contributed by atoms with Crippen LogP contribution < -0.4 is 11.1 Å². The first-order chi connectivity index (χ1) is 8.88. The number of phenolic OH excluding ortho intramolecular Hbond substituents is 2. The van der Waals surface area contributed by atoms with Crippen LogP contribution in [0.5, 0.6) is 11.5 Å². The number of nitro groups is 1. The number of nitrogens with zero attached hydrogens (tertiary/aromatic N) is 1. The van der Waals surface area contributed by atoms with Crippen molar-refractivity contribution in [3.05, 3.63) is 32.7 Å². The third-order valence-electron chi connectivity index (χ3n) is 2.34. The minimum absolute atomic E-state index is 0.216. The van der Waals surface area contributed by atoms with Gasteiger partial charge in [-0.05, 0) is 17.7 Å². The second-order valence-electron chi connectivity index (χ2n) is 3.69. The highest BCUT2D eigenvalue weighted by atomic mass is 32.2. The second-order valence-corrected chi connectivity index (χ2v) is 4.87. The van der Waals surface area contributed by atoms with Gasteiger partial charge >= 0.3 is 5.69 Å². The summed E-state index contributed by atoms with van der Waals surface area (Å²) in [5, 5.41) is 31.9. The highest BCUT2D eigenvalue weighted by Crippen LogP contribution is 2.37. The van der Waals surface area contributed by atoms with Gasteiger partial charge in [-0.2, -0.15) is 0 Å². The van der Waals surface area contributed by atoms with Gasteiger partial charge in [0.2, 0.25) is 5.75 Å². The maximum Gasteiger partial charge on any atom is 0.315 e. The summed E-state index contributed by atoms with van der Waals surface area (Å²) < 4.78 is 0. The van der Waals surface area contributed by atoms with Gasteiger partial charge in [0, 0.05) is 6.07 Å². The quantitative estimate of drug-likeness (QED) is 0.267. The van der Waals surface area contributed by atoms with Crippen LogP contribution in [0.4, 0.5) is 5.69 Å². The molecular formula is C10H9N3O5S. The molecule has 1 aromatic rings. The van der Waals surface area contributed by atoms with Gasteiger partial charge in [-0.25, -0.2) is 0 Å². The van der Waals surface area contributed by atoms with E-state index in [2.05, 4.69) is 5.32 Å². The number of benzene rings is 1. The van der Waals surface area contributed by atoms with Crippen LogP contribution in [0.15, 0.2) is 17.0 Å². The predicted octanol–water partition coefficient (Wildman–Crippen LogP) is 0.452. The zero-order valence-corrected chi connectivity index (χ0v) is 10.2. The fourth-order valence-electron chi connectivity index (χ4n) is 1.52. The van der Waals surface area contributed by atoms with Crippen LogP contribution >= 0.6 is 11.8 Å². The van der Waals surface area contributed by atoms with Crippen molar-refractivity contribution in [1.82, 2.24) is 5.32 Å². The Kier molecular flexibility index (Phi) is 3.32. The summed E-state index contributed by atoms with van der Waals surface area (Å²) in [5.74, 6) is -1.84. The first-order valence-electron chi connectivity index (χ1n) is 5.03. The van der Waals surface area contributed by atoms with E-state index in [0.29, 0.717) is 0 Å². The Hall–Kier alpha value is -2.26. The van der Waals surface area contributed by atoms with E-state index >= 15 is 0 Å². The van der Waals surface area contributed by atoms with Gasteiger partial charge in [-0.15, -0.1) is 0 Å².